The van der Waals surface area contributed by atoms with Gasteiger partial charge in [-0.2, -0.15) is 0 Å². The van der Waals surface area contributed by atoms with Gasteiger partial charge in [0.15, 0.2) is 0 Å². The average molecular weight is 480 g/mol. The Morgan fingerprint density at radius 3 is 2.33 bits per heavy atom. The summed E-state index contributed by atoms with van der Waals surface area (Å²) in [7, 11) is 2.18. The summed E-state index contributed by atoms with van der Waals surface area (Å²) in [5.41, 5.74) is 8.59. The van der Waals surface area contributed by atoms with Crippen LogP contribution in [0.3, 0.4) is 0 Å². The van der Waals surface area contributed by atoms with E-state index in [1.165, 1.54) is 24.8 Å². The van der Waals surface area contributed by atoms with Gasteiger partial charge < -0.3 is 16.0 Å². The van der Waals surface area contributed by atoms with Crippen LogP contribution in [-0.4, -0.2) is 55.0 Å². The fourth-order valence-corrected chi connectivity index (χ4v) is 5.26. The van der Waals surface area contributed by atoms with Crippen LogP contribution in [0.1, 0.15) is 37.7 Å². The van der Waals surface area contributed by atoms with E-state index in [-0.39, 0.29) is 49.0 Å². The zero-order valence-corrected chi connectivity index (χ0v) is 20.2. The largest absolute Gasteiger partial charge is 0.327 e. The Kier molecular flexibility index (Phi) is 11.4. The number of carbonyl (C=O) groups is 1. The van der Waals surface area contributed by atoms with Crippen molar-refractivity contribution in [2.45, 2.75) is 44.7 Å². The van der Waals surface area contributed by atoms with E-state index in [4.69, 9.17) is 5.73 Å². The summed E-state index contributed by atoms with van der Waals surface area (Å²) in [4.78, 5) is 17.7. The third kappa shape index (κ3) is 6.72. The normalized spacial score (nSPS) is 29.0. The molecule has 2 saturated carbocycles. The van der Waals surface area contributed by atoms with Crippen molar-refractivity contribution in [1.29, 1.82) is 0 Å². The quantitative estimate of drug-likeness (QED) is 0.690. The molecule has 1 aromatic rings. The van der Waals surface area contributed by atoms with Gasteiger partial charge in [-0.25, -0.2) is 0 Å². The number of rotatable bonds is 4. The van der Waals surface area contributed by atoms with Crippen LogP contribution in [0.4, 0.5) is 5.69 Å². The molecule has 1 saturated heterocycles. The lowest BCUT2D eigenvalue weighted by Crippen LogP contribution is -2.48. The molecule has 172 valence electrons. The number of likely N-dealkylation sites (N-methyl/N-ethyl adjacent to an activating group) is 1. The second-order valence-electron chi connectivity index (χ2n) is 8.97. The molecular formula is C22H37Cl3N4O. The van der Waals surface area contributed by atoms with E-state index < -0.39 is 0 Å². The maximum Gasteiger partial charge on any atom is 0.227 e. The molecule has 1 aromatic carbocycles. The van der Waals surface area contributed by atoms with Crippen LogP contribution in [-0.2, 0) is 11.3 Å². The van der Waals surface area contributed by atoms with Crippen LogP contribution in [0.25, 0.3) is 0 Å². The highest BCUT2D eigenvalue weighted by Gasteiger charge is 2.40. The Balaban J connectivity index is 0.00000150. The number of anilines is 1. The monoisotopic (exact) mass is 478 g/mol. The zero-order valence-electron chi connectivity index (χ0n) is 17.8. The Labute approximate surface area is 199 Å². The summed E-state index contributed by atoms with van der Waals surface area (Å²) >= 11 is 0. The molecule has 3 aliphatic rings. The molecule has 1 aliphatic heterocycles. The van der Waals surface area contributed by atoms with Gasteiger partial charge in [0.05, 0.1) is 0 Å². The zero-order chi connectivity index (χ0) is 18.8. The third-order valence-corrected chi connectivity index (χ3v) is 6.98. The SMILES string of the molecule is CN1CCN(Cc2cccc(NC(=O)C3CC4CCCC(C3)C4N)c2)CC1.Cl.Cl.Cl. The first kappa shape index (κ1) is 27.5. The number of amides is 1. The van der Waals surface area contributed by atoms with Crippen molar-refractivity contribution >= 4 is 48.8 Å². The number of benzene rings is 1. The Morgan fingerprint density at radius 2 is 1.70 bits per heavy atom. The maximum absolute atomic E-state index is 12.9. The summed E-state index contributed by atoms with van der Waals surface area (Å²) in [6.07, 6.45) is 5.60. The van der Waals surface area contributed by atoms with Gasteiger partial charge in [0, 0.05) is 50.4 Å². The van der Waals surface area contributed by atoms with Gasteiger partial charge in [-0.15, -0.1) is 37.2 Å². The molecule has 2 aliphatic carbocycles. The second kappa shape index (κ2) is 12.5. The maximum atomic E-state index is 12.9. The van der Waals surface area contributed by atoms with E-state index in [9.17, 15) is 4.79 Å². The minimum atomic E-state index is 0. The van der Waals surface area contributed by atoms with E-state index in [0.29, 0.717) is 17.9 Å². The van der Waals surface area contributed by atoms with Crippen molar-refractivity contribution in [2.24, 2.45) is 23.5 Å². The van der Waals surface area contributed by atoms with Gasteiger partial charge >= 0.3 is 0 Å². The lowest BCUT2D eigenvalue weighted by atomic mass is 9.65. The number of halogens is 3. The molecule has 2 bridgehead atoms. The van der Waals surface area contributed by atoms with E-state index in [1.807, 2.05) is 6.07 Å². The molecule has 0 spiro atoms. The lowest BCUT2D eigenvalue weighted by Gasteiger charge is -2.43. The summed E-state index contributed by atoms with van der Waals surface area (Å²) in [5, 5.41) is 3.19. The van der Waals surface area contributed by atoms with Gasteiger partial charge in [-0.3, -0.25) is 9.69 Å². The Hall–Kier alpha value is -0.560. The molecule has 30 heavy (non-hydrogen) atoms. The fourth-order valence-electron chi connectivity index (χ4n) is 5.26. The van der Waals surface area contributed by atoms with Crippen LogP contribution in [0.2, 0.25) is 0 Å². The molecule has 2 unspecified atom stereocenters. The number of nitrogens with two attached hydrogens (primary N) is 1. The molecule has 4 rings (SSSR count). The van der Waals surface area contributed by atoms with Crippen LogP contribution in [0.15, 0.2) is 24.3 Å². The van der Waals surface area contributed by atoms with E-state index in [1.54, 1.807) is 0 Å². The minimum Gasteiger partial charge on any atom is -0.327 e. The van der Waals surface area contributed by atoms with Gasteiger partial charge in [0.2, 0.25) is 5.91 Å². The summed E-state index contributed by atoms with van der Waals surface area (Å²) in [6, 6.07) is 8.70. The van der Waals surface area contributed by atoms with Gasteiger partial charge in [-0.05, 0) is 62.3 Å². The Morgan fingerprint density at radius 1 is 1.07 bits per heavy atom. The highest BCUT2D eigenvalue weighted by Crippen LogP contribution is 2.42. The molecule has 8 heteroatoms. The smallest absolute Gasteiger partial charge is 0.227 e. The van der Waals surface area contributed by atoms with E-state index in [0.717, 1.165) is 51.3 Å². The third-order valence-electron chi connectivity index (χ3n) is 6.98. The molecule has 5 nitrogen and oxygen atoms in total. The molecule has 0 radical (unpaired) electrons. The first-order chi connectivity index (χ1) is 13.1. The average Bonchev–Trinajstić information content (AvgIpc) is 2.64. The number of fused-ring (bicyclic) bond motifs is 2. The molecular weight excluding hydrogens is 443 g/mol. The fraction of sp³-hybridized carbons (Fsp3) is 0.682. The van der Waals surface area contributed by atoms with Crippen molar-refractivity contribution in [3.63, 3.8) is 0 Å². The summed E-state index contributed by atoms with van der Waals surface area (Å²) < 4.78 is 0. The van der Waals surface area contributed by atoms with E-state index in [2.05, 4.69) is 40.4 Å². The van der Waals surface area contributed by atoms with Crippen LogP contribution >= 0.6 is 37.2 Å². The number of hydrogen-bond donors (Lipinski definition) is 2. The standard InChI is InChI=1S/C22H34N4O.3ClH/c1-25-8-10-26(11-9-25)15-16-4-2-7-20(12-16)24-22(27)19-13-17-5-3-6-18(14-19)21(17)23;;;/h2,4,7,12,17-19,21H,3,5-6,8-11,13-15,23H2,1H3,(H,24,27);3*1H. The van der Waals surface area contributed by atoms with Crippen molar-refractivity contribution in [3.8, 4) is 0 Å². The topological polar surface area (TPSA) is 61.6 Å². The number of nitrogens with one attached hydrogen (secondary N) is 1. The van der Waals surface area contributed by atoms with Crippen LogP contribution < -0.4 is 11.1 Å². The molecule has 0 aromatic heterocycles. The first-order valence-electron chi connectivity index (χ1n) is 10.6. The van der Waals surface area contributed by atoms with E-state index >= 15 is 0 Å². The van der Waals surface area contributed by atoms with Crippen molar-refractivity contribution in [2.75, 3.05) is 38.5 Å². The van der Waals surface area contributed by atoms with Crippen molar-refractivity contribution < 1.29 is 4.79 Å². The number of nitrogens with zero attached hydrogens (tertiary/aromatic N) is 2. The second-order valence-corrected chi connectivity index (χ2v) is 8.97. The number of hydrogen-bond acceptors (Lipinski definition) is 4. The number of piperazine rings is 1. The predicted octanol–water partition coefficient (Wildman–Crippen LogP) is 3.79. The lowest BCUT2D eigenvalue weighted by molar-refractivity contribution is -0.122. The highest BCUT2D eigenvalue weighted by atomic mass is 35.5. The highest BCUT2D eigenvalue weighted by molar-refractivity contribution is 5.92. The van der Waals surface area contributed by atoms with Crippen LogP contribution in [0.5, 0.6) is 0 Å². The van der Waals surface area contributed by atoms with Gasteiger partial charge in [-0.1, -0.05) is 18.6 Å². The van der Waals surface area contributed by atoms with Gasteiger partial charge in [0.1, 0.15) is 0 Å². The first-order valence-corrected chi connectivity index (χ1v) is 10.6. The summed E-state index contributed by atoms with van der Waals surface area (Å²) in [6.45, 7) is 5.43. The van der Waals surface area contributed by atoms with Crippen molar-refractivity contribution in [1.82, 2.24) is 9.80 Å². The van der Waals surface area contributed by atoms with Crippen LogP contribution in [0, 0.1) is 17.8 Å². The summed E-state index contributed by atoms with van der Waals surface area (Å²) in [5.74, 6) is 1.39. The predicted molar refractivity (Wildman–Crippen MR) is 131 cm³/mol. The number of carbonyl (C=O) groups excluding carboxylic acids is 1. The molecule has 3 fully saturated rings. The molecule has 1 amide bonds. The van der Waals surface area contributed by atoms with Gasteiger partial charge in [0.25, 0.3) is 0 Å². The molecule has 1 heterocycles. The van der Waals surface area contributed by atoms with Crippen molar-refractivity contribution in [3.05, 3.63) is 29.8 Å². The Bertz CT molecular complexity index is 656. The molecule has 2 atom stereocenters. The molecule has 3 N–H and O–H groups in total. The minimum absolute atomic E-state index is 0.